The molecule has 0 saturated carbocycles. The van der Waals surface area contributed by atoms with E-state index in [0.29, 0.717) is 0 Å². The topological polar surface area (TPSA) is 13.1 Å². The highest BCUT2D eigenvalue weighted by atomic mass is 15.1. The van der Waals surface area contributed by atoms with Gasteiger partial charge in [0.2, 0.25) is 0 Å². The minimum absolute atomic E-state index is 0.0831. The van der Waals surface area contributed by atoms with E-state index in [1.54, 1.807) is 0 Å². The largest absolute Gasteiger partial charge is 0.313 e. The van der Waals surface area contributed by atoms with E-state index in [1.165, 1.54) is 172 Å². The highest BCUT2D eigenvalue weighted by Gasteiger charge is 2.38. The fourth-order valence-corrected chi connectivity index (χ4v) is 19.0. The molecule has 3 heteroatoms. The van der Waals surface area contributed by atoms with Crippen LogP contribution in [0.4, 0.5) is 17.1 Å². The van der Waals surface area contributed by atoms with Gasteiger partial charge in [-0.2, -0.15) is 0 Å². The van der Waals surface area contributed by atoms with Crippen molar-refractivity contribution in [2.45, 2.75) is 83.0 Å². The first kappa shape index (κ1) is 68.2. The Bertz CT molecular complexity index is 6600. The summed E-state index contributed by atoms with van der Waals surface area (Å²) in [4.78, 5) is 2.43. The third kappa shape index (κ3) is 11.8. The summed E-state index contributed by atoms with van der Waals surface area (Å²) in [5, 5.41) is 5.01. The molecule has 0 spiro atoms. The van der Waals surface area contributed by atoms with Gasteiger partial charge in [-0.15, -0.1) is 0 Å². The molecule has 1 atom stereocenters. The Morgan fingerprint density at radius 2 is 0.661 bits per heavy atom. The quantitative estimate of drug-likeness (QED) is 0.0886. The summed E-state index contributed by atoms with van der Waals surface area (Å²) in [5.74, 6) is 0.262. The lowest BCUT2D eigenvalue weighted by Gasteiger charge is -2.28. The normalized spacial score (nSPS) is 14.6. The number of anilines is 3. The van der Waals surface area contributed by atoms with Gasteiger partial charge in [-0.1, -0.05) is 296 Å². The minimum atomic E-state index is -0.145. The van der Waals surface area contributed by atoms with Crippen LogP contribution in [0.1, 0.15) is 109 Å². The van der Waals surface area contributed by atoms with Crippen molar-refractivity contribution >= 4 is 84.2 Å². The van der Waals surface area contributed by atoms with E-state index in [2.05, 4.69) is 395 Å². The van der Waals surface area contributed by atoms with Gasteiger partial charge < -0.3 is 14.0 Å². The first-order valence-corrected chi connectivity index (χ1v) is 39.9. The maximum absolute atomic E-state index is 3.98. The number of aromatic nitrogens is 2. The smallest absolute Gasteiger partial charge is 0.0538 e. The summed E-state index contributed by atoms with van der Waals surface area (Å²) < 4.78 is 5.05. The Balaban J connectivity index is 0.641. The van der Waals surface area contributed by atoms with Crippen molar-refractivity contribution in [1.29, 1.82) is 0 Å². The van der Waals surface area contributed by atoms with Crippen molar-refractivity contribution in [3.63, 3.8) is 0 Å². The fourth-order valence-electron chi connectivity index (χ4n) is 19.0. The van der Waals surface area contributed by atoms with E-state index < -0.39 is 0 Å². The molecule has 0 N–H and O–H groups in total. The van der Waals surface area contributed by atoms with Crippen LogP contribution in [0.5, 0.6) is 0 Å². The molecule has 2 aromatic heterocycles. The van der Waals surface area contributed by atoms with Gasteiger partial charge in [-0.05, 0) is 269 Å². The van der Waals surface area contributed by atoms with Crippen molar-refractivity contribution in [2.24, 2.45) is 0 Å². The fraction of sp³-hybridized carbons (Fsp3) is 0.119. The van der Waals surface area contributed by atoms with E-state index in [0.717, 1.165) is 66.7 Å². The Labute approximate surface area is 657 Å². The molecule has 0 amide bonds. The molecule has 2 heterocycles. The molecule has 16 aromatic rings. The highest BCUT2D eigenvalue weighted by Crippen LogP contribution is 2.53. The molecule has 0 aliphatic heterocycles. The van der Waals surface area contributed by atoms with Crippen LogP contribution in [-0.4, -0.2) is 9.13 Å². The zero-order valence-corrected chi connectivity index (χ0v) is 64.1. The molecular formula is C109H87N3. The second-order valence-electron chi connectivity index (χ2n) is 32.3. The van der Waals surface area contributed by atoms with Crippen molar-refractivity contribution in [3.8, 4) is 77.9 Å². The maximum atomic E-state index is 3.98. The number of fused-ring (bicyclic) bond motifs is 12. The molecule has 3 nitrogen and oxygen atoms in total. The molecule has 0 bridgehead atoms. The Kier molecular flexibility index (Phi) is 16.7. The number of benzene rings is 14. The molecule has 0 saturated heterocycles. The molecule has 0 radical (unpaired) electrons. The predicted molar refractivity (Wildman–Crippen MR) is 478 cm³/mol. The monoisotopic (exact) mass is 1440 g/mol. The molecule has 112 heavy (non-hydrogen) atoms. The van der Waals surface area contributed by atoms with Gasteiger partial charge in [0.1, 0.15) is 0 Å². The van der Waals surface area contributed by atoms with Crippen molar-refractivity contribution in [1.82, 2.24) is 9.13 Å². The van der Waals surface area contributed by atoms with Gasteiger partial charge in [-0.25, -0.2) is 0 Å². The second-order valence-corrected chi connectivity index (χ2v) is 32.3. The minimum Gasteiger partial charge on any atom is -0.313 e. The van der Waals surface area contributed by atoms with Gasteiger partial charge in [0.25, 0.3) is 0 Å². The number of hydrogen-bond acceptors (Lipinski definition) is 1. The van der Waals surface area contributed by atoms with Crippen LogP contribution in [0.2, 0.25) is 0 Å². The van der Waals surface area contributed by atoms with Crippen LogP contribution in [0, 0.1) is 0 Å². The Morgan fingerprint density at radius 1 is 0.330 bits per heavy atom. The SMILES string of the molecule is C=Cc1ccc(-c2ccc(CC(Cc3ccc(-c4ccc5c(c4)c4cc(-c6ccc7c(c6)c6cc(-c8ccc(N(c9ccc(-c%10ccc(C=C)cc%10)cc9)c9ccc%10c(c9)C(C)(C)c9ccccc9-%10)cc8)ccc6n7C6=CC=CCC6)ccc4n5C4=CC=CCC4)cc3)c3ccc4c(c3)C(C)(C)c3ccccc3-4)cc2)cc1. The number of allylic oxidation sites excluding steroid dienone is 8. The van der Waals surface area contributed by atoms with Gasteiger partial charge in [0.05, 0.1) is 22.1 Å². The third-order valence-corrected chi connectivity index (χ3v) is 25.1. The van der Waals surface area contributed by atoms with Crippen LogP contribution in [-0.2, 0) is 23.7 Å². The van der Waals surface area contributed by atoms with Crippen molar-refractivity contribution in [3.05, 3.63) is 403 Å². The molecule has 4 aliphatic carbocycles. The van der Waals surface area contributed by atoms with E-state index in [4.69, 9.17) is 0 Å². The molecule has 1 unspecified atom stereocenters. The van der Waals surface area contributed by atoms with Gasteiger partial charge in [-0.3, -0.25) is 0 Å². The molecule has 14 aromatic carbocycles. The second kappa shape index (κ2) is 27.5. The van der Waals surface area contributed by atoms with Crippen LogP contribution >= 0.6 is 0 Å². The van der Waals surface area contributed by atoms with Crippen LogP contribution in [0.25, 0.3) is 145 Å². The zero-order valence-electron chi connectivity index (χ0n) is 64.1. The van der Waals surface area contributed by atoms with Crippen molar-refractivity contribution in [2.75, 3.05) is 4.90 Å². The van der Waals surface area contributed by atoms with Crippen LogP contribution in [0.15, 0.2) is 353 Å². The molecule has 538 valence electrons. The van der Waals surface area contributed by atoms with Gasteiger partial charge in [0, 0.05) is 60.8 Å². The standard InChI is InChI=1S/C109H87N3/c1-7-71-27-35-75(36-28-71)77-39-31-73(32-40-77)63-86(85-47-57-94-92-23-15-17-25-100(92)108(3,4)102(94)69-85)64-74-33-41-79(42-34-74)81-48-59-104-96(65-81)98-67-83(50-61-106(98)111(104)87-19-11-9-12-20-87)84-51-62-107-99(68-84)97-66-82(49-60-105(97)112(107)88-21-13-10-14-22-88)80-45-54-90(55-46-80)110(89-52-43-78(44-53-89)76-37-29-72(8-2)30-38-76)91-56-58-95-93-24-16-18-26-101(93)109(5,6)103(95)70-91/h7-11,13,15-19,21,23-62,65-70,86H,1-2,12,14,20,22,63-64H2,3-6H3. The number of nitrogens with zero attached hydrogens (tertiary/aromatic N) is 3. The molecule has 0 fully saturated rings. The summed E-state index contributed by atoms with van der Waals surface area (Å²) in [7, 11) is 0. The first-order chi connectivity index (χ1) is 54.9. The van der Waals surface area contributed by atoms with Gasteiger partial charge >= 0.3 is 0 Å². The molecular weight excluding hydrogens is 1350 g/mol. The predicted octanol–water partition coefficient (Wildman–Crippen LogP) is 29.6. The van der Waals surface area contributed by atoms with E-state index in [1.807, 2.05) is 12.2 Å². The molecule has 20 rings (SSSR count). The average Bonchev–Trinajstić information content (AvgIpc) is 1.59. The van der Waals surface area contributed by atoms with Crippen molar-refractivity contribution < 1.29 is 0 Å². The summed E-state index contributed by atoms with van der Waals surface area (Å²) in [5.41, 5.74) is 39.9. The Morgan fingerprint density at radius 3 is 1.05 bits per heavy atom. The maximum Gasteiger partial charge on any atom is 0.0538 e. The summed E-state index contributed by atoms with van der Waals surface area (Å²) in [6, 6.07) is 115. The third-order valence-electron chi connectivity index (χ3n) is 25.1. The first-order valence-electron chi connectivity index (χ1n) is 39.9. The highest BCUT2D eigenvalue weighted by molar-refractivity contribution is 6.15. The van der Waals surface area contributed by atoms with E-state index >= 15 is 0 Å². The van der Waals surface area contributed by atoms with Gasteiger partial charge in [0.15, 0.2) is 0 Å². The average molecular weight is 1440 g/mol. The van der Waals surface area contributed by atoms with E-state index in [9.17, 15) is 0 Å². The number of hydrogen-bond donors (Lipinski definition) is 0. The lowest BCUT2D eigenvalue weighted by Crippen LogP contribution is -2.16. The number of rotatable bonds is 17. The van der Waals surface area contributed by atoms with Crippen LogP contribution in [0.3, 0.4) is 0 Å². The lowest BCUT2D eigenvalue weighted by molar-refractivity contribution is 0.647. The summed E-state index contributed by atoms with van der Waals surface area (Å²) in [6.07, 6.45) is 23.3. The van der Waals surface area contributed by atoms with Crippen LogP contribution < -0.4 is 4.90 Å². The zero-order chi connectivity index (χ0) is 75.3. The summed E-state index contributed by atoms with van der Waals surface area (Å²) in [6.45, 7) is 17.5. The van der Waals surface area contributed by atoms with E-state index in [-0.39, 0.29) is 16.7 Å². The summed E-state index contributed by atoms with van der Waals surface area (Å²) >= 11 is 0. The lowest BCUT2D eigenvalue weighted by atomic mass is 9.79. The molecule has 4 aliphatic rings. The Hall–Kier alpha value is -13.1.